The molecule has 1 aromatic carbocycles. The van der Waals surface area contributed by atoms with Crippen LogP contribution in [0.4, 0.5) is 0 Å². The van der Waals surface area contributed by atoms with Gasteiger partial charge in [-0.05, 0) is 47.8 Å². The molecule has 2 heterocycles. The molecule has 3 rings (SSSR count). The number of halogens is 1. The molecule has 0 atom stereocenters. The third kappa shape index (κ3) is 2.08. The Balaban J connectivity index is 2.12. The molecule has 3 nitrogen and oxygen atoms in total. The van der Waals surface area contributed by atoms with Crippen LogP contribution in [0.3, 0.4) is 0 Å². The molecule has 100 valence electrons. The zero-order valence-corrected chi connectivity index (χ0v) is 12.6. The van der Waals surface area contributed by atoms with Gasteiger partial charge in [0.05, 0.1) is 5.52 Å². The maximum Gasteiger partial charge on any atom is 0.270 e. The van der Waals surface area contributed by atoms with Gasteiger partial charge in [0.1, 0.15) is 5.69 Å². The van der Waals surface area contributed by atoms with Crippen LogP contribution in [-0.2, 0) is 6.54 Å². The van der Waals surface area contributed by atoms with E-state index in [2.05, 4.69) is 33.5 Å². The average molecular weight is 321 g/mol. The van der Waals surface area contributed by atoms with Crippen molar-refractivity contribution in [1.29, 1.82) is 0 Å². The van der Waals surface area contributed by atoms with Gasteiger partial charge in [0, 0.05) is 29.5 Å². The molecule has 1 aliphatic rings. The number of hydrogen-bond donors (Lipinski definition) is 0. The molecule has 1 aliphatic heterocycles. The molecule has 0 spiro atoms. The molecule has 1 fully saturated rings. The number of nitrogens with zero attached hydrogens (tertiary/aromatic N) is 2. The van der Waals surface area contributed by atoms with Crippen LogP contribution < -0.4 is 0 Å². The average Bonchev–Trinajstić information content (AvgIpc) is 3.05. The van der Waals surface area contributed by atoms with Crippen LogP contribution in [0.1, 0.15) is 30.3 Å². The number of aryl methyl sites for hydroxylation is 1. The molecule has 1 amide bonds. The molecule has 0 aliphatic carbocycles. The van der Waals surface area contributed by atoms with E-state index >= 15 is 0 Å². The van der Waals surface area contributed by atoms with Crippen LogP contribution in [0.25, 0.3) is 10.9 Å². The predicted octanol–water partition coefficient (Wildman–Crippen LogP) is 3.66. The van der Waals surface area contributed by atoms with Gasteiger partial charge in [0.25, 0.3) is 5.91 Å². The zero-order chi connectivity index (χ0) is 13.4. The highest BCUT2D eigenvalue weighted by Crippen LogP contribution is 2.28. The molecule has 1 saturated heterocycles. The molecule has 0 N–H and O–H groups in total. The van der Waals surface area contributed by atoms with Crippen LogP contribution in [0, 0.1) is 0 Å². The number of benzene rings is 1. The minimum Gasteiger partial charge on any atom is -0.337 e. The number of rotatable bonds is 2. The summed E-state index contributed by atoms with van der Waals surface area (Å²) in [4.78, 5) is 14.6. The van der Waals surface area contributed by atoms with E-state index in [9.17, 15) is 4.79 Å². The summed E-state index contributed by atoms with van der Waals surface area (Å²) in [6.45, 7) is 4.68. The Morgan fingerprint density at radius 1 is 1.32 bits per heavy atom. The van der Waals surface area contributed by atoms with Crippen molar-refractivity contribution in [2.75, 3.05) is 13.1 Å². The number of fused-ring (bicyclic) bond motifs is 1. The number of para-hydroxylation sites is 1. The summed E-state index contributed by atoms with van der Waals surface area (Å²) in [7, 11) is 0. The molecule has 19 heavy (non-hydrogen) atoms. The highest BCUT2D eigenvalue weighted by atomic mass is 79.9. The fraction of sp³-hybridized carbons (Fsp3) is 0.400. The van der Waals surface area contributed by atoms with E-state index in [0.29, 0.717) is 0 Å². The number of hydrogen-bond acceptors (Lipinski definition) is 1. The normalized spacial score (nSPS) is 15.4. The molecule has 2 aromatic rings. The molecule has 0 bridgehead atoms. The van der Waals surface area contributed by atoms with Crippen molar-refractivity contribution in [1.82, 2.24) is 9.47 Å². The van der Waals surface area contributed by atoms with E-state index in [-0.39, 0.29) is 5.91 Å². The Hall–Kier alpha value is -1.29. The third-order valence-corrected chi connectivity index (χ3v) is 4.44. The van der Waals surface area contributed by atoms with Crippen molar-refractivity contribution in [2.24, 2.45) is 0 Å². The first-order valence-corrected chi connectivity index (χ1v) is 7.58. The molecular weight excluding hydrogens is 304 g/mol. The van der Waals surface area contributed by atoms with Crippen molar-refractivity contribution in [3.05, 3.63) is 34.4 Å². The minimum atomic E-state index is 0.169. The van der Waals surface area contributed by atoms with Crippen molar-refractivity contribution < 1.29 is 4.79 Å². The summed E-state index contributed by atoms with van der Waals surface area (Å²) in [5.41, 5.74) is 1.93. The summed E-state index contributed by atoms with van der Waals surface area (Å²) in [5.74, 6) is 0.169. The summed E-state index contributed by atoms with van der Waals surface area (Å²) in [5, 5.41) is 1.12. The van der Waals surface area contributed by atoms with E-state index < -0.39 is 0 Å². The standard InChI is InChI=1S/C15H17BrN2O/c1-2-18-13(15(19)17-8-3-4-9-17)10-11-6-5-7-12(16)14(11)18/h5-7,10H,2-4,8-9H2,1H3. The van der Waals surface area contributed by atoms with Crippen molar-refractivity contribution in [3.63, 3.8) is 0 Å². The first kappa shape index (κ1) is 12.7. The lowest BCUT2D eigenvalue weighted by Gasteiger charge is -2.16. The van der Waals surface area contributed by atoms with Crippen LogP contribution in [0.2, 0.25) is 0 Å². The van der Waals surface area contributed by atoms with Gasteiger partial charge < -0.3 is 9.47 Å². The van der Waals surface area contributed by atoms with Crippen LogP contribution in [-0.4, -0.2) is 28.5 Å². The number of likely N-dealkylation sites (tertiary alicyclic amines) is 1. The van der Waals surface area contributed by atoms with Crippen molar-refractivity contribution in [2.45, 2.75) is 26.3 Å². The Morgan fingerprint density at radius 2 is 2.05 bits per heavy atom. The smallest absolute Gasteiger partial charge is 0.270 e. The number of carbonyl (C=O) groups excluding carboxylic acids is 1. The Morgan fingerprint density at radius 3 is 2.74 bits per heavy atom. The Bertz CT molecular complexity index is 626. The largest absolute Gasteiger partial charge is 0.337 e. The van der Waals surface area contributed by atoms with E-state index in [1.807, 2.05) is 23.1 Å². The maximum atomic E-state index is 12.6. The van der Waals surface area contributed by atoms with Gasteiger partial charge in [-0.15, -0.1) is 0 Å². The van der Waals surface area contributed by atoms with E-state index in [1.165, 1.54) is 0 Å². The Labute approximate surface area is 121 Å². The van der Waals surface area contributed by atoms with Gasteiger partial charge in [-0.1, -0.05) is 12.1 Å². The predicted molar refractivity (Wildman–Crippen MR) is 80.4 cm³/mol. The highest BCUT2D eigenvalue weighted by molar-refractivity contribution is 9.10. The van der Waals surface area contributed by atoms with Gasteiger partial charge in [0.15, 0.2) is 0 Å². The molecular formula is C15H17BrN2O. The lowest BCUT2D eigenvalue weighted by molar-refractivity contribution is 0.0783. The third-order valence-electron chi connectivity index (χ3n) is 3.80. The summed E-state index contributed by atoms with van der Waals surface area (Å²) < 4.78 is 3.16. The monoisotopic (exact) mass is 320 g/mol. The summed E-state index contributed by atoms with van der Waals surface area (Å²) in [6.07, 6.45) is 2.25. The molecule has 0 unspecified atom stereocenters. The van der Waals surface area contributed by atoms with Gasteiger partial charge in [-0.25, -0.2) is 0 Å². The molecule has 0 saturated carbocycles. The second-order valence-corrected chi connectivity index (χ2v) is 5.81. The minimum absolute atomic E-state index is 0.169. The second-order valence-electron chi connectivity index (χ2n) is 4.95. The fourth-order valence-corrected chi connectivity index (χ4v) is 3.46. The van der Waals surface area contributed by atoms with E-state index in [1.54, 1.807) is 0 Å². The van der Waals surface area contributed by atoms with Crippen LogP contribution in [0.15, 0.2) is 28.7 Å². The maximum absolute atomic E-state index is 12.6. The van der Waals surface area contributed by atoms with Gasteiger partial charge in [-0.3, -0.25) is 4.79 Å². The number of aromatic nitrogens is 1. The van der Waals surface area contributed by atoms with Crippen molar-refractivity contribution in [3.8, 4) is 0 Å². The quantitative estimate of drug-likeness (QED) is 0.829. The molecule has 4 heteroatoms. The highest BCUT2D eigenvalue weighted by Gasteiger charge is 2.23. The molecule has 1 aromatic heterocycles. The van der Waals surface area contributed by atoms with Gasteiger partial charge in [0.2, 0.25) is 0 Å². The number of carbonyl (C=O) groups is 1. The number of amides is 1. The summed E-state index contributed by atoms with van der Waals surface area (Å²) in [6, 6.07) is 8.12. The fourth-order valence-electron chi connectivity index (χ4n) is 2.87. The van der Waals surface area contributed by atoms with Crippen molar-refractivity contribution >= 4 is 32.7 Å². The lowest BCUT2D eigenvalue weighted by Crippen LogP contribution is -2.29. The second kappa shape index (κ2) is 5.00. The van der Waals surface area contributed by atoms with E-state index in [0.717, 1.165) is 53.5 Å². The first-order valence-electron chi connectivity index (χ1n) is 6.79. The van der Waals surface area contributed by atoms with Gasteiger partial charge in [-0.2, -0.15) is 0 Å². The van der Waals surface area contributed by atoms with Crippen LogP contribution >= 0.6 is 15.9 Å². The Kier molecular flexibility index (Phi) is 3.35. The lowest BCUT2D eigenvalue weighted by atomic mass is 10.2. The zero-order valence-electron chi connectivity index (χ0n) is 11.0. The summed E-state index contributed by atoms with van der Waals surface area (Å²) >= 11 is 3.59. The SMILES string of the molecule is CCn1c(C(=O)N2CCCC2)cc2cccc(Br)c21. The topological polar surface area (TPSA) is 25.2 Å². The molecule has 0 radical (unpaired) electrons. The first-order chi connectivity index (χ1) is 9.22. The van der Waals surface area contributed by atoms with Crippen LogP contribution in [0.5, 0.6) is 0 Å². The van der Waals surface area contributed by atoms with E-state index in [4.69, 9.17) is 0 Å². The van der Waals surface area contributed by atoms with Gasteiger partial charge >= 0.3 is 0 Å².